The Labute approximate surface area is 163 Å². The molecule has 2 N–H and O–H groups in total. The summed E-state index contributed by atoms with van der Waals surface area (Å²) in [6, 6.07) is 18.0. The number of hydrogen-bond donors (Lipinski definition) is 2. The van der Waals surface area contributed by atoms with Crippen molar-refractivity contribution in [2.45, 2.75) is 29.7 Å². The number of allylic oxidation sites excluding steroid dienone is 1. The van der Waals surface area contributed by atoms with E-state index in [-0.39, 0.29) is 12.0 Å². The Balaban J connectivity index is 1.85. The van der Waals surface area contributed by atoms with Crippen molar-refractivity contribution < 1.29 is 9.53 Å². The van der Waals surface area contributed by atoms with Gasteiger partial charge in [0.25, 0.3) is 0 Å². The van der Waals surface area contributed by atoms with Gasteiger partial charge in [-0.1, -0.05) is 42.1 Å². The first-order valence-electron chi connectivity index (χ1n) is 8.36. The molecule has 0 spiro atoms. The van der Waals surface area contributed by atoms with Crippen molar-refractivity contribution in [3.8, 4) is 0 Å². The Morgan fingerprint density at radius 1 is 1.12 bits per heavy atom. The Morgan fingerprint density at radius 2 is 1.77 bits per heavy atom. The van der Waals surface area contributed by atoms with Crippen LogP contribution in [0.3, 0.4) is 0 Å². The average molecular weight is 385 g/mol. The lowest BCUT2D eigenvalue weighted by atomic mass is 9.96. The molecule has 6 heteroatoms. The van der Waals surface area contributed by atoms with Crippen LogP contribution >= 0.6 is 24.0 Å². The molecule has 0 unspecified atom stereocenters. The molecule has 0 aromatic heterocycles. The molecule has 1 aliphatic rings. The van der Waals surface area contributed by atoms with Crippen LogP contribution in [0.15, 0.2) is 75.7 Å². The van der Waals surface area contributed by atoms with Gasteiger partial charge in [0.1, 0.15) is 0 Å². The third-order valence-electron chi connectivity index (χ3n) is 3.96. The van der Waals surface area contributed by atoms with Gasteiger partial charge < -0.3 is 15.4 Å². The van der Waals surface area contributed by atoms with Gasteiger partial charge in [-0.25, -0.2) is 4.79 Å². The molecular weight excluding hydrogens is 364 g/mol. The normalized spacial score (nSPS) is 16.7. The third kappa shape index (κ3) is 4.26. The van der Waals surface area contributed by atoms with Crippen molar-refractivity contribution in [2.24, 2.45) is 0 Å². The predicted octanol–water partition coefficient (Wildman–Crippen LogP) is 4.19. The number of esters is 1. The zero-order valence-electron chi connectivity index (χ0n) is 14.6. The highest BCUT2D eigenvalue weighted by molar-refractivity contribution is 7.99. The minimum Gasteiger partial charge on any atom is -0.463 e. The van der Waals surface area contributed by atoms with Crippen LogP contribution < -0.4 is 10.6 Å². The van der Waals surface area contributed by atoms with Crippen LogP contribution in [-0.2, 0) is 9.53 Å². The fraction of sp³-hybridized carbons (Fsp3) is 0.200. The standard InChI is InChI=1S/C20H20N2O2S2/c1-3-24-19(23)17-13(2)21-20(25)22-18(17)14-9-11-16(12-10-14)26-15-7-5-4-6-8-15/h4-12,18H,3H2,1-2H3,(H2,21,22,25)/t18-/m1/s1. The molecule has 2 aromatic rings. The van der Waals surface area contributed by atoms with Crippen LogP contribution in [0.1, 0.15) is 25.5 Å². The largest absolute Gasteiger partial charge is 0.463 e. The Kier molecular flexibility index (Phi) is 5.96. The number of ether oxygens (including phenoxy) is 1. The molecule has 4 nitrogen and oxygen atoms in total. The van der Waals surface area contributed by atoms with Crippen LogP contribution in [-0.4, -0.2) is 17.7 Å². The van der Waals surface area contributed by atoms with Crippen molar-refractivity contribution in [1.82, 2.24) is 10.6 Å². The summed E-state index contributed by atoms with van der Waals surface area (Å²) in [6.45, 7) is 3.97. The zero-order chi connectivity index (χ0) is 18.5. The Bertz CT molecular complexity index is 833. The summed E-state index contributed by atoms with van der Waals surface area (Å²) in [7, 11) is 0. The van der Waals surface area contributed by atoms with Crippen LogP contribution in [0.25, 0.3) is 0 Å². The predicted molar refractivity (Wildman–Crippen MR) is 108 cm³/mol. The molecule has 134 valence electrons. The molecule has 0 saturated carbocycles. The van der Waals surface area contributed by atoms with Crippen molar-refractivity contribution in [2.75, 3.05) is 6.61 Å². The number of rotatable bonds is 5. The van der Waals surface area contributed by atoms with Gasteiger partial charge in [0.2, 0.25) is 0 Å². The van der Waals surface area contributed by atoms with Crippen molar-refractivity contribution in [1.29, 1.82) is 0 Å². The van der Waals surface area contributed by atoms with E-state index in [2.05, 4.69) is 34.9 Å². The highest BCUT2D eigenvalue weighted by atomic mass is 32.2. The van der Waals surface area contributed by atoms with Crippen LogP contribution in [0.4, 0.5) is 0 Å². The van der Waals surface area contributed by atoms with E-state index >= 15 is 0 Å². The monoisotopic (exact) mass is 384 g/mol. The molecule has 1 aliphatic heterocycles. The minimum atomic E-state index is -0.333. The summed E-state index contributed by atoms with van der Waals surface area (Å²) in [4.78, 5) is 14.7. The second kappa shape index (κ2) is 8.38. The molecule has 0 amide bonds. The number of thiocarbonyl (C=S) groups is 1. The lowest BCUT2D eigenvalue weighted by Gasteiger charge is -2.29. The summed E-state index contributed by atoms with van der Waals surface area (Å²) in [5.74, 6) is -0.333. The summed E-state index contributed by atoms with van der Waals surface area (Å²) < 4.78 is 5.22. The molecule has 0 saturated heterocycles. The lowest BCUT2D eigenvalue weighted by Crippen LogP contribution is -2.45. The van der Waals surface area contributed by atoms with E-state index in [1.54, 1.807) is 18.7 Å². The maximum Gasteiger partial charge on any atom is 0.338 e. The first-order valence-corrected chi connectivity index (χ1v) is 9.59. The van der Waals surface area contributed by atoms with Gasteiger partial charge in [-0.3, -0.25) is 0 Å². The smallest absolute Gasteiger partial charge is 0.338 e. The summed E-state index contributed by atoms with van der Waals surface area (Å²) in [6.07, 6.45) is 0. The fourth-order valence-corrected chi connectivity index (χ4v) is 3.88. The molecule has 2 aromatic carbocycles. The number of carbonyl (C=O) groups excluding carboxylic acids is 1. The van der Waals surface area contributed by atoms with Crippen LogP contribution in [0.2, 0.25) is 0 Å². The highest BCUT2D eigenvalue weighted by Crippen LogP contribution is 2.31. The first-order chi connectivity index (χ1) is 12.6. The molecule has 26 heavy (non-hydrogen) atoms. The van der Waals surface area contributed by atoms with Crippen molar-refractivity contribution >= 4 is 35.1 Å². The maximum atomic E-state index is 12.4. The van der Waals surface area contributed by atoms with Crippen LogP contribution in [0.5, 0.6) is 0 Å². The van der Waals surface area contributed by atoms with Crippen LogP contribution in [0, 0.1) is 0 Å². The number of hydrogen-bond acceptors (Lipinski definition) is 4. The second-order valence-corrected chi connectivity index (χ2v) is 7.33. The van der Waals surface area contributed by atoms with Gasteiger partial charge >= 0.3 is 5.97 Å². The van der Waals surface area contributed by atoms with Gasteiger partial charge in [-0.05, 0) is 55.9 Å². The van der Waals surface area contributed by atoms with Crippen molar-refractivity contribution in [3.63, 3.8) is 0 Å². The summed E-state index contributed by atoms with van der Waals surface area (Å²) >= 11 is 6.96. The van der Waals surface area contributed by atoms with Gasteiger partial charge in [0.15, 0.2) is 5.11 Å². The quantitative estimate of drug-likeness (QED) is 0.595. The fourth-order valence-electron chi connectivity index (χ4n) is 2.78. The molecular formula is C20H20N2O2S2. The number of nitrogens with one attached hydrogen (secondary N) is 2. The van der Waals surface area contributed by atoms with E-state index in [4.69, 9.17) is 17.0 Å². The Morgan fingerprint density at radius 3 is 2.42 bits per heavy atom. The van der Waals surface area contributed by atoms with Gasteiger partial charge in [-0.2, -0.15) is 0 Å². The maximum absolute atomic E-state index is 12.4. The lowest BCUT2D eigenvalue weighted by molar-refractivity contribution is -0.139. The Hall–Kier alpha value is -2.31. The second-order valence-electron chi connectivity index (χ2n) is 5.77. The van der Waals surface area contributed by atoms with Gasteiger partial charge in [0.05, 0.1) is 18.2 Å². The summed E-state index contributed by atoms with van der Waals surface area (Å²) in [5, 5.41) is 6.69. The number of carbonyl (C=O) groups is 1. The minimum absolute atomic E-state index is 0.321. The van der Waals surface area contributed by atoms with Gasteiger partial charge in [0, 0.05) is 15.5 Å². The molecule has 0 fully saturated rings. The van der Waals surface area contributed by atoms with E-state index in [9.17, 15) is 4.79 Å². The van der Waals surface area contributed by atoms with E-state index in [0.717, 1.165) is 16.2 Å². The first kappa shape index (κ1) is 18.5. The molecule has 1 heterocycles. The molecule has 0 radical (unpaired) electrons. The molecule has 3 rings (SSSR count). The van der Waals surface area contributed by atoms with E-state index in [0.29, 0.717) is 17.3 Å². The molecule has 0 bridgehead atoms. The van der Waals surface area contributed by atoms with E-state index < -0.39 is 0 Å². The SMILES string of the molecule is CCOC(=O)C1=C(C)NC(=S)N[C@@H]1c1ccc(Sc2ccccc2)cc1. The molecule has 0 aliphatic carbocycles. The van der Waals surface area contributed by atoms with Gasteiger partial charge in [-0.15, -0.1) is 0 Å². The topological polar surface area (TPSA) is 50.4 Å². The third-order valence-corrected chi connectivity index (χ3v) is 5.19. The van der Waals surface area contributed by atoms with E-state index in [1.807, 2.05) is 37.3 Å². The summed E-state index contributed by atoms with van der Waals surface area (Å²) in [5.41, 5.74) is 2.25. The average Bonchev–Trinajstić information content (AvgIpc) is 2.62. The zero-order valence-corrected chi connectivity index (χ0v) is 16.2. The highest BCUT2D eigenvalue weighted by Gasteiger charge is 2.30. The number of benzene rings is 2. The van der Waals surface area contributed by atoms with Crippen molar-refractivity contribution in [3.05, 3.63) is 71.4 Å². The molecule has 1 atom stereocenters. The van der Waals surface area contributed by atoms with E-state index in [1.165, 1.54) is 4.90 Å².